The van der Waals surface area contributed by atoms with Crippen LogP contribution in [-0.4, -0.2) is 13.7 Å². The van der Waals surface area contributed by atoms with Gasteiger partial charge in [-0.15, -0.1) is 0 Å². The number of fused-ring (bicyclic) bond motifs is 2. The molecular formula is C16H17NO. The van der Waals surface area contributed by atoms with Crippen LogP contribution in [0.4, 0.5) is 0 Å². The molecule has 0 saturated heterocycles. The molecular weight excluding hydrogens is 222 g/mol. The van der Waals surface area contributed by atoms with E-state index in [0.29, 0.717) is 6.54 Å². The average Bonchev–Trinajstić information content (AvgIpc) is 2.44. The van der Waals surface area contributed by atoms with Gasteiger partial charge in [0.05, 0.1) is 7.11 Å². The molecule has 0 aliphatic heterocycles. The summed E-state index contributed by atoms with van der Waals surface area (Å²) in [5.74, 6) is 1.21. The van der Waals surface area contributed by atoms with E-state index in [0.717, 1.165) is 12.2 Å². The van der Waals surface area contributed by atoms with Crippen LogP contribution in [0, 0.1) is 0 Å². The standard InChI is InChI=1S/C16H17NO/c1-18-15-8-4-6-12-9-11-5-2-3-7-13(11)14(10-17)16(12)15/h2-8,14H,9-10,17H2,1H3/t14-/m0/s1. The minimum Gasteiger partial charge on any atom is -0.496 e. The van der Waals surface area contributed by atoms with Crippen LogP contribution < -0.4 is 10.5 Å². The van der Waals surface area contributed by atoms with Crippen LogP contribution in [0.2, 0.25) is 0 Å². The molecule has 1 atom stereocenters. The van der Waals surface area contributed by atoms with Crippen molar-refractivity contribution in [3.8, 4) is 5.75 Å². The molecule has 92 valence electrons. The Hall–Kier alpha value is -1.80. The Bertz CT molecular complexity index is 577. The number of benzene rings is 2. The van der Waals surface area contributed by atoms with Crippen LogP contribution in [0.15, 0.2) is 42.5 Å². The highest BCUT2D eigenvalue weighted by atomic mass is 16.5. The first-order chi connectivity index (χ1) is 8.85. The molecule has 18 heavy (non-hydrogen) atoms. The van der Waals surface area contributed by atoms with Crippen LogP contribution in [0.5, 0.6) is 5.75 Å². The molecule has 2 aromatic rings. The van der Waals surface area contributed by atoms with Gasteiger partial charge in [0.25, 0.3) is 0 Å². The first-order valence-electron chi connectivity index (χ1n) is 6.28. The number of hydrogen-bond donors (Lipinski definition) is 1. The summed E-state index contributed by atoms with van der Waals surface area (Å²) in [6.07, 6.45) is 0.971. The van der Waals surface area contributed by atoms with Crippen molar-refractivity contribution in [3.63, 3.8) is 0 Å². The van der Waals surface area contributed by atoms with Crippen molar-refractivity contribution in [1.29, 1.82) is 0 Å². The molecule has 2 N–H and O–H groups in total. The zero-order valence-corrected chi connectivity index (χ0v) is 10.5. The minimum absolute atomic E-state index is 0.251. The van der Waals surface area contributed by atoms with Crippen molar-refractivity contribution in [1.82, 2.24) is 0 Å². The van der Waals surface area contributed by atoms with E-state index >= 15 is 0 Å². The lowest BCUT2D eigenvalue weighted by molar-refractivity contribution is 0.406. The summed E-state index contributed by atoms with van der Waals surface area (Å²) in [5, 5.41) is 0. The molecule has 2 aromatic carbocycles. The second-order valence-electron chi connectivity index (χ2n) is 4.70. The third-order valence-corrected chi connectivity index (χ3v) is 3.77. The Labute approximate surface area is 107 Å². The summed E-state index contributed by atoms with van der Waals surface area (Å²) in [5.41, 5.74) is 11.3. The quantitative estimate of drug-likeness (QED) is 0.874. The molecule has 0 aromatic heterocycles. The first-order valence-corrected chi connectivity index (χ1v) is 6.28. The van der Waals surface area contributed by atoms with Gasteiger partial charge in [-0.25, -0.2) is 0 Å². The van der Waals surface area contributed by atoms with Crippen molar-refractivity contribution in [2.24, 2.45) is 5.73 Å². The number of nitrogens with two attached hydrogens (primary N) is 1. The molecule has 0 saturated carbocycles. The average molecular weight is 239 g/mol. The van der Waals surface area contributed by atoms with Crippen LogP contribution >= 0.6 is 0 Å². The van der Waals surface area contributed by atoms with Crippen LogP contribution in [0.25, 0.3) is 0 Å². The van der Waals surface area contributed by atoms with Gasteiger partial charge in [-0.05, 0) is 29.2 Å². The summed E-state index contributed by atoms with van der Waals surface area (Å²) in [6, 6.07) is 14.8. The molecule has 2 heteroatoms. The summed E-state index contributed by atoms with van der Waals surface area (Å²) >= 11 is 0. The lowest BCUT2D eigenvalue weighted by Gasteiger charge is -2.29. The second-order valence-corrected chi connectivity index (χ2v) is 4.70. The molecule has 1 aliphatic rings. The largest absolute Gasteiger partial charge is 0.496 e. The fourth-order valence-corrected chi connectivity index (χ4v) is 2.96. The van der Waals surface area contributed by atoms with Crippen molar-refractivity contribution in [2.75, 3.05) is 13.7 Å². The predicted molar refractivity (Wildman–Crippen MR) is 73.1 cm³/mol. The highest BCUT2D eigenvalue weighted by molar-refractivity contribution is 5.54. The van der Waals surface area contributed by atoms with Gasteiger partial charge < -0.3 is 10.5 Å². The van der Waals surface area contributed by atoms with E-state index in [1.807, 2.05) is 6.07 Å². The number of methoxy groups -OCH3 is 1. The van der Waals surface area contributed by atoms with Crippen LogP contribution in [0.3, 0.4) is 0 Å². The van der Waals surface area contributed by atoms with E-state index in [4.69, 9.17) is 10.5 Å². The number of hydrogen-bond acceptors (Lipinski definition) is 2. The Morgan fingerprint density at radius 3 is 2.67 bits per heavy atom. The van der Waals surface area contributed by atoms with Crippen molar-refractivity contribution in [2.45, 2.75) is 12.3 Å². The Balaban J connectivity index is 2.21. The van der Waals surface area contributed by atoms with Gasteiger partial charge in [0.2, 0.25) is 0 Å². The fraction of sp³-hybridized carbons (Fsp3) is 0.250. The van der Waals surface area contributed by atoms with Gasteiger partial charge in [0, 0.05) is 18.0 Å². The first kappa shape index (κ1) is 11.3. The van der Waals surface area contributed by atoms with Gasteiger partial charge in [-0.3, -0.25) is 0 Å². The maximum atomic E-state index is 6.00. The van der Waals surface area contributed by atoms with Crippen molar-refractivity contribution < 1.29 is 4.74 Å². The molecule has 0 spiro atoms. The van der Waals surface area contributed by atoms with Crippen LogP contribution in [0.1, 0.15) is 28.2 Å². The van der Waals surface area contributed by atoms with E-state index in [-0.39, 0.29) is 5.92 Å². The molecule has 3 rings (SSSR count). The molecule has 0 bridgehead atoms. The maximum absolute atomic E-state index is 6.00. The Morgan fingerprint density at radius 2 is 1.89 bits per heavy atom. The van der Waals surface area contributed by atoms with Crippen molar-refractivity contribution >= 4 is 0 Å². The normalized spacial score (nSPS) is 16.9. The lowest BCUT2D eigenvalue weighted by Crippen LogP contribution is -2.21. The fourth-order valence-electron chi connectivity index (χ4n) is 2.96. The summed E-state index contributed by atoms with van der Waals surface area (Å²) < 4.78 is 5.50. The van der Waals surface area contributed by atoms with Gasteiger partial charge in [-0.2, -0.15) is 0 Å². The van der Waals surface area contributed by atoms with E-state index in [2.05, 4.69) is 36.4 Å². The lowest BCUT2D eigenvalue weighted by atomic mass is 9.78. The van der Waals surface area contributed by atoms with E-state index in [9.17, 15) is 0 Å². The Kier molecular flexibility index (Phi) is 2.80. The van der Waals surface area contributed by atoms with Crippen molar-refractivity contribution in [3.05, 3.63) is 64.7 Å². The molecule has 0 heterocycles. The van der Waals surface area contributed by atoms with Gasteiger partial charge in [-0.1, -0.05) is 36.4 Å². The second kappa shape index (κ2) is 4.46. The highest BCUT2D eigenvalue weighted by Gasteiger charge is 2.26. The topological polar surface area (TPSA) is 35.2 Å². The number of rotatable bonds is 2. The van der Waals surface area contributed by atoms with Gasteiger partial charge >= 0.3 is 0 Å². The van der Waals surface area contributed by atoms with Crippen LogP contribution in [-0.2, 0) is 6.42 Å². The molecule has 0 fully saturated rings. The van der Waals surface area contributed by atoms with E-state index in [1.54, 1.807) is 7.11 Å². The molecule has 0 radical (unpaired) electrons. The Morgan fingerprint density at radius 1 is 1.11 bits per heavy atom. The minimum atomic E-state index is 0.251. The monoisotopic (exact) mass is 239 g/mol. The highest BCUT2D eigenvalue weighted by Crippen LogP contribution is 2.40. The maximum Gasteiger partial charge on any atom is 0.123 e. The molecule has 0 unspecified atom stereocenters. The zero-order chi connectivity index (χ0) is 12.5. The summed E-state index contributed by atoms with van der Waals surface area (Å²) in [6.45, 7) is 0.615. The third kappa shape index (κ3) is 1.61. The predicted octanol–water partition coefficient (Wildman–Crippen LogP) is 2.69. The van der Waals surface area contributed by atoms with Gasteiger partial charge in [0.1, 0.15) is 5.75 Å². The SMILES string of the molecule is COc1cccc2c1[C@@H](CN)c1ccccc1C2. The van der Waals surface area contributed by atoms with E-state index < -0.39 is 0 Å². The molecule has 0 amide bonds. The zero-order valence-electron chi connectivity index (χ0n) is 10.5. The summed E-state index contributed by atoms with van der Waals surface area (Å²) in [4.78, 5) is 0. The third-order valence-electron chi connectivity index (χ3n) is 3.77. The van der Waals surface area contributed by atoms with E-state index in [1.165, 1.54) is 22.3 Å². The summed E-state index contributed by atoms with van der Waals surface area (Å²) in [7, 11) is 1.73. The smallest absolute Gasteiger partial charge is 0.123 e. The molecule has 2 nitrogen and oxygen atoms in total. The van der Waals surface area contributed by atoms with Gasteiger partial charge in [0.15, 0.2) is 0 Å². The number of ether oxygens (including phenoxy) is 1. The molecule has 1 aliphatic carbocycles.